The van der Waals surface area contributed by atoms with E-state index in [0.29, 0.717) is 18.4 Å². The lowest BCUT2D eigenvalue weighted by molar-refractivity contribution is -0.159. The summed E-state index contributed by atoms with van der Waals surface area (Å²) in [5.74, 6) is -1.09. The molecule has 138 valence electrons. The van der Waals surface area contributed by atoms with Gasteiger partial charge in [-0.05, 0) is 39.2 Å². The van der Waals surface area contributed by atoms with Gasteiger partial charge in [0.1, 0.15) is 17.4 Å². The van der Waals surface area contributed by atoms with Crippen LogP contribution in [-0.4, -0.2) is 39.5 Å². The molecule has 6 heteroatoms. The number of aliphatic carboxylic acids is 1. The van der Waals surface area contributed by atoms with Gasteiger partial charge in [-0.1, -0.05) is 44.2 Å². The van der Waals surface area contributed by atoms with Crippen LogP contribution in [0.4, 0.5) is 4.79 Å². The number of hydrogen-bond donors (Lipinski definition) is 1. The number of rotatable bonds is 4. The minimum atomic E-state index is -1.14. The molecule has 1 aromatic carbocycles. The highest BCUT2D eigenvalue weighted by Crippen LogP contribution is 2.46. The largest absolute Gasteiger partial charge is 0.479 e. The Morgan fingerprint density at radius 1 is 1.20 bits per heavy atom. The minimum absolute atomic E-state index is 0.468. The maximum absolute atomic E-state index is 13.0. The molecule has 1 N–H and O–H groups in total. The lowest BCUT2D eigenvalue weighted by Gasteiger charge is -2.38. The number of nitrogens with zero attached hydrogens (tertiary/aromatic N) is 1. The monoisotopic (exact) mass is 349 g/mol. The Balaban J connectivity index is 2.56. The summed E-state index contributed by atoms with van der Waals surface area (Å²) < 4.78 is 11.5. The Morgan fingerprint density at radius 3 is 2.20 bits per heavy atom. The summed E-state index contributed by atoms with van der Waals surface area (Å²) in [5.41, 5.74) is -0.983. The van der Waals surface area contributed by atoms with E-state index in [1.165, 1.54) is 4.90 Å². The Hall–Kier alpha value is -2.08. The molecule has 1 aliphatic heterocycles. The quantitative estimate of drug-likeness (QED) is 0.890. The fraction of sp³-hybridized carbons (Fsp3) is 0.579. The predicted octanol–water partition coefficient (Wildman–Crippen LogP) is 3.96. The lowest BCUT2D eigenvalue weighted by atomic mass is 9.98. The third kappa shape index (κ3) is 3.79. The van der Waals surface area contributed by atoms with E-state index in [2.05, 4.69) is 0 Å². The highest BCUT2D eigenvalue weighted by atomic mass is 16.6. The summed E-state index contributed by atoms with van der Waals surface area (Å²) in [4.78, 5) is 26.3. The molecule has 2 unspecified atom stereocenters. The maximum atomic E-state index is 13.0. The van der Waals surface area contributed by atoms with E-state index < -0.39 is 35.5 Å². The molecule has 1 saturated heterocycles. The molecule has 0 spiro atoms. The molecule has 0 radical (unpaired) electrons. The molecule has 6 nitrogen and oxygen atoms in total. The van der Waals surface area contributed by atoms with Crippen molar-refractivity contribution in [2.75, 3.05) is 0 Å². The fourth-order valence-corrected chi connectivity index (χ4v) is 3.25. The van der Waals surface area contributed by atoms with Crippen LogP contribution in [0.2, 0.25) is 0 Å². The van der Waals surface area contributed by atoms with Gasteiger partial charge < -0.3 is 14.6 Å². The summed E-state index contributed by atoms with van der Waals surface area (Å²) in [6.45, 7) is 9.12. The van der Waals surface area contributed by atoms with Crippen molar-refractivity contribution in [2.24, 2.45) is 0 Å². The average Bonchev–Trinajstić information content (AvgIpc) is 2.90. The Labute approximate surface area is 148 Å². The van der Waals surface area contributed by atoms with Crippen LogP contribution in [0.15, 0.2) is 30.3 Å². The van der Waals surface area contributed by atoms with Gasteiger partial charge in [0.2, 0.25) is 0 Å². The number of carbonyl (C=O) groups excluding carboxylic acids is 1. The zero-order chi connectivity index (χ0) is 18.8. The van der Waals surface area contributed by atoms with Crippen LogP contribution in [-0.2, 0) is 14.3 Å². The number of carbonyl (C=O) groups is 2. The molecule has 1 fully saturated rings. The van der Waals surface area contributed by atoms with Crippen molar-refractivity contribution in [3.8, 4) is 0 Å². The zero-order valence-electron chi connectivity index (χ0n) is 15.5. The predicted molar refractivity (Wildman–Crippen MR) is 93.1 cm³/mol. The molecule has 1 aromatic rings. The fourth-order valence-electron chi connectivity index (χ4n) is 3.25. The van der Waals surface area contributed by atoms with Gasteiger partial charge in [-0.3, -0.25) is 4.90 Å². The second-order valence-electron chi connectivity index (χ2n) is 7.24. The summed E-state index contributed by atoms with van der Waals surface area (Å²) >= 11 is 0. The van der Waals surface area contributed by atoms with Crippen LogP contribution in [0.25, 0.3) is 0 Å². The number of benzene rings is 1. The van der Waals surface area contributed by atoms with Gasteiger partial charge >= 0.3 is 12.1 Å². The third-order valence-electron chi connectivity index (χ3n) is 4.43. The van der Waals surface area contributed by atoms with Crippen LogP contribution in [0.5, 0.6) is 0 Å². The second kappa shape index (κ2) is 7.04. The smallest absolute Gasteiger partial charge is 0.413 e. The summed E-state index contributed by atoms with van der Waals surface area (Å²) in [6.07, 6.45) is -0.769. The Bertz CT molecular complexity index is 618. The van der Waals surface area contributed by atoms with Gasteiger partial charge in [-0.15, -0.1) is 0 Å². The van der Waals surface area contributed by atoms with E-state index in [-0.39, 0.29) is 0 Å². The molecule has 1 amide bonds. The number of hydrogen-bond acceptors (Lipinski definition) is 4. The number of ether oxygens (including phenoxy) is 2. The third-order valence-corrected chi connectivity index (χ3v) is 4.43. The van der Waals surface area contributed by atoms with E-state index >= 15 is 0 Å². The number of carboxylic acids is 1. The van der Waals surface area contributed by atoms with E-state index in [9.17, 15) is 14.7 Å². The molecule has 0 saturated carbocycles. The molecule has 25 heavy (non-hydrogen) atoms. The molecular formula is C19H27NO5. The first kappa shape index (κ1) is 19.2. The van der Waals surface area contributed by atoms with E-state index in [1.807, 2.05) is 44.2 Å². The van der Waals surface area contributed by atoms with Crippen LogP contribution in [0, 0.1) is 0 Å². The normalized spacial score (nSPS) is 22.7. The molecule has 1 heterocycles. The minimum Gasteiger partial charge on any atom is -0.479 e. The molecule has 1 aliphatic rings. The van der Waals surface area contributed by atoms with Crippen LogP contribution in [0.1, 0.15) is 59.1 Å². The molecule has 0 aromatic heterocycles. The van der Waals surface area contributed by atoms with Gasteiger partial charge in [-0.25, -0.2) is 9.59 Å². The summed E-state index contributed by atoms with van der Waals surface area (Å²) in [5, 5.41) is 9.70. The highest BCUT2D eigenvalue weighted by molar-refractivity contribution is 5.78. The van der Waals surface area contributed by atoms with Crippen LogP contribution >= 0.6 is 0 Å². The molecule has 0 bridgehead atoms. The standard InChI is InChI=1S/C19H27NO5/c1-6-19(7-2)20(17(23)25-18(3,4)5)14(15(24-19)16(21)22)13-11-9-8-10-12-13/h8-12,14-15H,6-7H2,1-5H3,(H,21,22). The van der Waals surface area contributed by atoms with Gasteiger partial charge in [0.15, 0.2) is 6.10 Å². The SMILES string of the molecule is CCC1(CC)OC(C(=O)O)C(c2ccccc2)N1C(=O)OC(C)(C)C. The first-order chi connectivity index (χ1) is 11.6. The number of amides is 1. The Kier molecular flexibility index (Phi) is 5.42. The van der Waals surface area contributed by atoms with Crippen molar-refractivity contribution >= 4 is 12.1 Å². The van der Waals surface area contributed by atoms with Crippen LogP contribution < -0.4 is 0 Å². The van der Waals surface area contributed by atoms with Gasteiger partial charge in [0, 0.05) is 0 Å². The zero-order valence-corrected chi connectivity index (χ0v) is 15.5. The van der Waals surface area contributed by atoms with Crippen molar-refractivity contribution in [2.45, 2.75) is 70.9 Å². The van der Waals surface area contributed by atoms with Crippen molar-refractivity contribution < 1.29 is 24.2 Å². The molecular weight excluding hydrogens is 322 g/mol. The van der Waals surface area contributed by atoms with Crippen LogP contribution in [0.3, 0.4) is 0 Å². The van der Waals surface area contributed by atoms with Crippen molar-refractivity contribution in [1.82, 2.24) is 4.90 Å². The number of carboxylic acid groups (broad SMARTS) is 1. The molecule has 2 rings (SSSR count). The van der Waals surface area contributed by atoms with Gasteiger partial charge in [0.05, 0.1) is 0 Å². The average molecular weight is 349 g/mol. The van der Waals surface area contributed by atoms with Gasteiger partial charge in [0.25, 0.3) is 0 Å². The second-order valence-corrected chi connectivity index (χ2v) is 7.24. The van der Waals surface area contributed by atoms with E-state index in [1.54, 1.807) is 20.8 Å². The first-order valence-electron chi connectivity index (χ1n) is 8.63. The van der Waals surface area contributed by atoms with Gasteiger partial charge in [-0.2, -0.15) is 0 Å². The van der Waals surface area contributed by atoms with Crippen molar-refractivity contribution in [3.05, 3.63) is 35.9 Å². The van der Waals surface area contributed by atoms with E-state index in [0.717, 1.165) is 0 Å². The lowest BCUT2D eigenvalue weighted by Crippen LogP contribution is -2.50. The first-order valence-corrected chi connectivity index (χ1v) is 8.63. The summed E-state index contributed by atoms with van der Waals surface area (Å²) in [7, 11) is 0. The maximum Gasteiger partial charge on any atom is 0.413 e. The topological polar surface area (TPSA) is 76.1 Å². The highest BCUT2D eigenvalue weighted by Gasteiger charge is 2.57. The molecule has 2 atom stereocenters. The van der Waals surface area contributed by atoms with E-state index in [4.69, 9.17) is 9.47 Å². The van der Waals surface area contributed by atoms with Crippen molar-refractivity contribution in [3.63, 3.8) is 0 Å². The Morgan fingerprint density at radius 2 is 1.76 bits per heavy atom. The van der Waals surface area contributed by atoms with Crippen molar-refractivity contribution in [1.29, 1.82) is 0 Å². The summed E-state index contributed by atoms with van der Waals surface area (Å²) in [6, 6.07) is 8.36. The molecule has 0 aliphatic carbocycles.